The summed E-state index contributed by atoms with van der Waals surface area (Å²) in [6, 6.07) is 2.73. The van der Waals surface area contributed by atoms with Crippen LogP contribution in [0.15, 0.2) is 12.1 Å². The molecule has 0 fully saturated rings. The fraction of sp³-hybridized carbons (Fsp3) is 0.400. The Morgan fingerprint density at radius 1 is 1.29 bits per heavy atom. The van der Waals surface area contributed by atoms with Crippen LogP contribution in [0, 0.1) is 5.82 Å². The summed E-state index contributed by atoms with van der Waals surface area (Å²) in [7, 11) is 0. The molecule has 0 aliphatic heterocycles. The van der Waals surface area contributed by atoms with E-state index in [9.17, 15) is 4.39 Å². The molecule has 1 nitrogen and oxygen atoms in total. The second-order valence-electron chi connectivity index (χ2n) is 2.88. The maximum Gasteiger partial charge on any atom is 0.143 e. The van der Waals surface area contributed by atoms with Gasteiger partial charge in [0.15, 0.2) is 0 Å². The topological polar surface area (TPSA) is 9.23 Å². The molecular formula is C10H11Cl2FO. The third kappa shape index (κ3) is 2.76. The fourth-order valence-electron chi connectivity index (χ4n) is 0.946. The van der Waals surface area contributed by atoms with Gasteiger partial charge in [-0.3, -0.25) is 0 Å². The molecule has 0 radical (unpaired) electrons. The quantitative estimate of drug-likeness (QED) is 0.560. The van der Waals surface area contributed by atoms with Gasteiger partial charge in [0.05, 0.1) is 11.6 Å². The van der Waals surface area contributed by atoms with Gasteiger partial charge in [-0.05, 0) is 18.6 Å². The first-order valence-corrected chi connectivity index (χ1v) is 5.18. The number of hydrogen-bond donors (Lipinski definition) is 0. The van der Waals surface area contributed by atoms with E-state index in [4.69, 9.17) is 27.9 Å². The van der Waals surface area contributed by atoms with E-state index in [0.717, 1.165) is 12.8 Å². The Kier molecular flexibility index (Phi) is 4.49. The molecule has 0 saturated heterocycles. The molecule has 4 heteroatoms. The van der Waals surface area contributed by atoms with Crippen LogP contribution in [0.3, 0.4) is 0 Å². The molecule has 78 valence electrons. The highest BCUT2D eigenvalue weighted by Crippen LogP contribution is 2.33. The van der Waals surface area contributed by atoms with Crippen LogP contribution in [0.1, 0.15) is 19.8 Å². The van der Waals surface area contributed by atoms with Crippen molar-refractivity contribution in [2.24, 2.45) is 0 Å². The average Bonchev–Trinajstić information content (AvgIpc) is 2.18. The summed E-state index contributed by atoms with van der Waals surface area (Å²) < 4.78 is 18.2. The van der Waals surface area contributed by atoms with Crippen LogP contribution in [0.4, 0.5) is 4.39 Å². The Bertz CT molecular complexity index is 315. The highest BCUT2D eigenvalue weighted by Gasteiger charge is 2.10. The van der Waals surface area contributed by atoms with Gasteiger partial charge in [0.2, 0.25) is 0 Å². The lowest BCUT2D eigenvalue weighted by atomic mass is 10.3. The Balaban J connectivity index is 2.73. The average molecular weight is 237 g/mol. The van der Waals surface area contributed by atoms with Gasteiger partial charge in [0.25, 0.3) is 0 Å². The molecule has 0 aliphatic rings. The van der Waals surface area contributed by atoms with Crippen molar-refractivity contribution >= 4 is 23.2 Å². The van der Waals surface area contributed by atoms with Gasteiger partial charge in [-0.25, -0.2) is 4.39 Å². The van der Waals surface area contributed by atoms with Crippen LogP contribution >= 0.6 is 23.2 Å². The minimum atomic E-state index is -0.528. The van der Waals surface area contributed by atoms with E-state index in [1.807, 2.05) is 0 Å². The van der Waals surface area contributed by atoms with Crippen molar-refractivity contribution in [1.29, 1.82) is 0 Å². The standard InChI is InChI=1S/C10H11Cl2FO/c1-2-3-6-14-8-5-4-7(13)9(11)10(8)12/h4-5H,2-3,6H2,1H3. The van der Waals surface area contributed by atoms with Crippen molar-refractivity contribution < 1.29 is 9.13 Å². The first-order valence-electron chi connectivity index (χ1n) is 4.43. The highest BCUT2D eigenvalue weighted by molar-refractivity contribution is 6.43. The summed E-state index contributed by atoms with van der Waals surface area (Å²) in [6.07, 6.45) is 1.97. The summed E-state index contributed by atoms with van der Waals surface area (Å²) in [6.45, 7) is 2.63. The number of hydrogen-bond acceptors (Lipinski definition) is 1. The molecule has 0 N–H and O–H groups in total. The van der Waals surface area contributed by atoms with Crippen molar-refractivity contribution in [2.75, 3.05) is 6.61 Å². The van der Waals surface area contributed by atoms with Gasteiger partial charge >= 0.3 is 0 Å². The molecule has 0 bridgehead atoms. The molecule has 0 heterocycles. The number of ether oxygens (including phenoxy) is 1. The molecule has 14 heavy (non-hydrogen) atoms. The molecule has 0 aromatic heterocycles. The van der Waals surface area contributed by atoms with Crippen molar-refractivity contribution in [3.05, 3.63) is 28.0 Å². The van der Waals surface area contributed by atoms with E-state index in [2.05, 4.69) is 6.92 Å². The second-order valence-corrected chi connectivity index (χ2v) is 3.63. The Morgan fingerprint density at radius 2 is 2.00 bits per heavy atom. The minimum absolute atomic E-state index is 0.0827. The van der Waals surface area contributed by atoms with Gasteiger partial charge in [-0.15, -0.1) is 0 Å². The summed E-state index contributed by atoms with van der Waals surface area (Å²) in [5, 5.41) is 0.0587. The number of halogens is 3. The highest BCUT2D eigenvalue weighted by atomic mass is 35.5. The summed E-state index contributed by atoms with van der Waals surface area (Å²) in [5.41, 5.74) is 0. The molecule has 1 rings (SSSR count). The largest absolute Gasteiger partial charge is 0.492 e. The van der Waals surface area contributed by atoms with Gasteiger partial charge in [0, 0.05) is 0 Å². The molecule has 0 unspecified atom stereocenters. The minimum Gasteiger partial charge on any atom is -0.492 e. The van der Waals surface area contributed by atoms with E-state index in [0.29, 0.717) is 12.4 Å². The van der Waals surface area contributed by atoms with Gasteiger partial charge < -0.3 is 4.74 Å². The number of rotatable bonds is 4. The summed E-state index contributed by atoms with van der Waals surface area (Å²) in [5.74, 6) is -0.0916. The first kappa shape index (κ1) is 11.6. The molecule has 0 saturated carbocycles. The number of benzene rings is 1. The molecule has 0 amide bonds. The van der Waals surface area contributed by atoms with E-state index < -0.39 is 5.82 Å². The second kappa shape index (κ2) is 5.42. The molecule has 0 spiro atoms. The molecule has 0 aliphatic carbocycles. The lowest BCUT2D eigenvalue weighted by Crippen LogP contribution is -1.97. The van der Waals surface area contributed by atoms with Crippen molar-refractivity contribution in [3.8, 4) is 5.75 Å². The maximum atomic E-state index is 12.9. The van der Waals surface area contributed by atoms with Crippen LogP contribution in [-0.2, 0) is 0 Å². The van der Waals surface area contributed by atoms with Crippen LogP contribution in [0.2, 0.25) is 10.0 Å². The Labute approximate surface area is 92.8 Å². The first-order chi connectivity index (χ1) is 6.66. The molecular weight excluding hydrogens is 226 g/mol. The van der Waals surface area contributed by atoms with Gasteiger partial charge in [0.1, 0.15) is 16.6 Å². The third-order valence-corrected chi connectivity index (χ3v) is 2.60. The Morgan fingerprint density at radius 3 is 2.64 bits per heavy atom. The van der Waals surface area contributed by atoms with Crippen molar-refractivity contribution in [3.63, 3.8) is 0 Å². The molecule has 1 aromatic rings. The predicted octanol–water partition coefficient (Wildman–Crippen LogP) is 4.31. The normalized spacial score (nSPS) is 10.3. The number of unbranched alkanes of at least 4 members (excludes halogenated alkanes) is 1. The van der Waals surface area contributed by atoms with E-state index in [-0.39, 0.29) is 10.0 Å². The van der Waals surface area contributed by atoms with Crippen molar-refractivity contribution in [1.82, 2.24) is 0 Å². The molecule has 0 atom stereocenters. The lowest BCUT2D eigenvalue weighted by molar-refractivity contribution is 0.309. The summed E-state index contributed by atoms with van der Waals surface area (Å²) in [4.78, 5) is 0. The van der Waals surface area contributed by atoms with Gasteiger partial charge in [-0.1, -0.05) is 36.5 Å². The van der Waals surface area contributed by atoms with Crippen LogP contribution in [0.25, 0.3) is 0 Å². The van der Waals surface area contributed by atoms with E-state index in [1.165, 1.54) is 12.1 Å². The van der Waals surface area contributed by atoms with Crippen LogP contribution < -0.4 is 4.74 Å². The monoisotopic (exact) mass is 236 g/mol. The third-order valence-electron chi connectivity index (χ3n) is 1.76. The Hall–Kier alpha value is -0.470. The zero-order valence-corrected chi connectivity index (χ0v) is 9.33. The van der Waals surface area contributed by atoms with E-state index in [1.54, 1.807) is 0 Å². The lowest BCUT2D eigenvalue weighted by Gasteiger charge is -2.08. The van der Waals surface area contributed by atoms with Crippen molar-refractivity contribution in [2.45, 2.75) is 19.8 Å². The smallest absolute Gasteiger partial charge is 0.143 e. The molecule has 1 aromatic carbocycles. The van der Waals surface area contributed by atoms with Crippen LogP contribution in [-0.4, -0.2) is 6.61 Å². The van der Waals surface area contributed by atoms with E-state index >= 15 is 0 Å². The zero-order chi connectivity index (χ0) is 10.6. The predicted molar refractivity (Wildman–Crippen MR) is 56.8 cm³/mol. The maximum absolute atomic E-state index is 12.9. The summed E-state index contributed by atoms with van der Waals surface area (Å²) >= 11 is 11.4. The SMILES string of the molecule is CCCCOc1ccc(F)c(Cl)c1Cl. The fourth-order valence-corrected chi connectivity index (χ4v) is 1.31. The van der Waals surface area contributed by atoms with Crippen LogP contribution in [0.5, 0.6) is 5.75 Å². The van der Waals surface area contributed by atoms with Gasteiger partial charge in [-0.2, -0.15) is 0 Å². The zero-order valence-electron chi connectivity index (χ0n) is 7.82.